The van der Waals surface area contributed by atoms with E-state index in [-0.39, 0.29) is 17.7 Å². The first-order chi connectivity index (χ1) is 13.4. The number of nitrogens with zero attached hydrogens (tertiary/aromatic N) is 2. The maximum Gasteiger partial charge on any atom is 0.243 e. The molecule has 1 amide bonds. The summed E-state index contributed by atoms with van der Waals surface area (Å²) in [7, 11) is -3.54. The summed E-state index contributed by atoms with van der Waals surface area (Å²) in [5.74, 6) is -0.202. The van der Waals surface area contributed by atoms with Crippen LogP contribution in [0.4, 0.5) is 5.69 Å². The van der Waals surface area contributed by atoms with Crippen LogP contribution in [0.25, 0.3) is 0 Å². The molecule has 2 aliphatic heterocycles. The van der Waals surface area contributed by atoms with Gasteiger partial charge in [-0.05, 0) is 42.5 Å². The summed E-state index contributed by atoms with van der Waals surface area (Å²) in [5.41, 5.74) is 1.55. The molecule has 2 heterocycles. The van der Waals surface area contributed by atoms with Crippen molar-refractivity contribution in [1.29, 1.82) is 0 Å². The Bertz CT molecular complexity index is 838. The predicted molar refractivity (Wildman–Crippen MR) is 110 cm³/mol. The fourth-order valence-electron chi connectivity index (χ4n) is 4.99. The highest BCUT2D eigenvalue weighted by atomic mass is 32.2. The Morgan fingerprint density at radius 3 is 2.36 bits per heavy atom. The van der Waals surface area contributed by atoms with E-state index in [9.17, 15) is 13.2 Å². The number of hydrogen-bond acceptors (Lipinski definition) is 4. The number of carbonyl (C=O) groups excluding carboxylic acids is 1. The van der Waals surface area contributed by atoms with Crippen LogP contribution < -0.4 is 5.32 Å². The first-order valence-electron chi connectivity index (χ1n) is 10.6. The molecule has 1 aliphatic carbocycles. The molecule has 0 bridgehead atoms. The van der Waals surface area contributed by atoms with Gasteiger partial charge in [0, 0.05) is 37.9 Å². The summed E-state index contributed by atoms with van der Waals surface area (Å²) in [6, 6.07) is 5.70. The Balaban J connectivity index is 1.50. The molecule has 1 aromatic carbocycles. The molecule has 1 saturated carbocycles. The molecular formula is C21H31N3O3S. The van der Waals surface area contributed by atoms with Gasteiger partial charge in [-0.1, -0.05) is 33.1 Å². The Kier molecular flexibility index (Phi) is 5.51. The van der Waals surface area contributed by atoms with Gasteiger partial charge in [0.15, 0.2) is 0 Å². The molecule has 154 valence electrons. The first-order valence-corrected chi connectivity index (χ1v) is 12.0. The Morgan fingerprint density at radius 2 is 1.71 bits per heavy atom. The van der Waals surface area contributed by atoms with Crippen LogP contribution in [0.5, 0.6) is 0 Å². The van der Waals surface area contributed by atoms with Gasteiger partial charge < -0.3 is 5.32 Å². The van der Waals surface area contributed by atoms with E-state index < -0.39 is 10.0 Å². The number of nitrogens with one attached hydrogen (secondary N) is 1. The lowest BCUT2D eigenvalue weighted by Gasteiger charge is -2.40. The van der Waals surface area contributed by atoms with Crippen LogP contribution in [0.3, 0.4) is 0 Å². The van der Waals surface area contributed by atoms with E-state index >= 15 is 0 Å². The van der Waals surface area contributed by atoms with Crippen molar-refractivity contribution in [1.82, 2.24) is 9.21 Å². The highest BCUT2D eigenvalue weighted by Gasteiger charge is 2.36. The van der Waals surface area contributed by atoms with Gasteiger partial charge >= 0.3 is 0 Å². The molecule has 1 N–H and O–H groups in total. The van der Waals surface area contributed by atoms with Crippen molar-refractivity contribution in [3.63, 3.8) is 0 Å². The average molecular weight is 406 g/mol. The number of piperazine rings is 1. The second-order valence-electron chi connectivity index (χ2n) is 8.69. The van der Waals surface area contributed by atoms with Gasteiger partial charge in [0.25, 0.3) is 0 Å². The van der Waals surface area contributed by atoms with E-state index in [1.165, 1.54) is 32.1 Å². The second kappa shape index (κ2) is 7.76. The molecule has 3 aliphatic rings. The van der Waals surface area contributed by atoms with Gasteiger partial charge in [-0.25, -0.2) is 8.42 Å². The number of benzene rings is 1. The highest BCUT2D eigenvalue weighted by molar-refractivity contribution is 7.89. The molecule has 1 aromatic rings. The standard InChI is InChI=1S/C21H31N3O3S/c1-15(2)20-18-14-17(8-9-19(18)22-21(20)25)28(26,27)24-12-10-23(11-13-24)16-6-4-3-5-7-16/h8-9,14-16,20H,3-7,10-13H2,1-2H3,(H,22,25). The number of hydrogen-bond donors (Lipinski definition) is 1. The van der Waals surface area contributed by atoms with Crippen LogP contribution in [0.2, 0.25) is 0 Å². The molecule has 0 radical (unpaired) electrons. The number of fused-ring (bicyclic) bond motifs is 1. The maximum atomic E-state index is 13.2. The van der Waals surface area contributed by atoms with Crippen molar-refractivity contribution in [3.8, 4) is 0 Å². The van der Waals surface area contributed by atoms with Crippen molar-refractivity contribution >= 4 is 21.6 Å². The Labute approximate surface area is 168 Å². The lowest BCUT2D eigenvalue weighted by molar-refractivity contribution is -0.117. The molecule has 7 heteroatoms. The second-order valence-corrected chi connectivity index (χ2v) is 10.6. The van der Waals surface area contributed by atoms with Gasteiger partial charge in [0.2, 0.25) is 15.9 Å². The molecule has 4 rings (SSSR count). The van der Waals surface area contributed by atoms with Crippen LogP contribution in [-0.4, -0.2) is 55.8 Å². The summed E-state index contributed by atoms with van der Waals surface area (Å²) in [6.07, 6.45) is 6.41. The largest absolute Gasteiger partial charge is 0.325 e. The number of rotatable bonds is 4. The molecule has 0 spiro atoms. The van der Waals surface area contributed by atoms with Crippen LogP contribution in [0.15, 0.2) is 23.1 Å². The van der Waals surface area contributed by atoms with E-state index in [1.807, 2.05) is 13.8 Å². The van der Waals surface area contributed by atoms with Gasteiger partial charge in [-0.15, -0.1) is 0 Å². The van der Waals surface area contributed by atoms with Gasteiger partial charge in [0.1, 0.15) is 0 Å². The third-order valence-corrected chi connectivity index (χ3v) is 8.46. The van der Waals surface area contributed by atoms with E-state index in [4.69, 9.17) is 0 Å². The SMILES string of the molecule is CC(C)C1C(=O)Nc2ccc(S(=O)(=O)N3CCN(C4CCCCC4)CC3)cc21. The summed E-state index contributed by atoms with van der Waals surface area (Å²) in [6.45, 7) is 6.68. The minimum absolute atomic E-state index is 0.0411. The lowest BCUT2D eigenvalue weighted by Crippen LogP contribution is -2.52. The zero-order chi connectivity index (χ0) is 19.9. The molecule has 0 aromatic heterocycles. The van der Waals surface area contributed by atoms with Crippen LogP contribution in [0, 0.1) is 5.92 Å². The maximum absolute atomic E-state index is 13.2. The summed E-state index contributed by atoms with van der Waals surface area (Å²) < 4.78 is 28.1. The third kappa shape index (κ3) is 3.60. The third-order valence-electron chi connectivity index (χ3n) is 6.57. The first kappa shape index (κ1) is 19.9. The fourth-order valence-corrected chi connectivity index (χ4v) is 6.45. The molecule has 1 atom stereocenters. The van der Waals surface area contributed by atoms with Crippen LogP contribution in [0.1, 0.15) is 57.4 Å². The number of carbonyl (C=O) groups is 1. The molecule has 28 heavy (non-hydrogen) atoms. The quantitative estimate of drug-likeness (QED) is 0.836. The van der Waals surface area contributed by atoms with E-state index in [0.29, 0.717) is 24.0 Å². The van der Waals surface area contributed by atoms with Crippen molar-refractivity contribution in [2.45, 2.75) is 62.8 Å². The molecule has 1 saturated heterocycles. The van der Waals surface area contributed by atoms with E-state index in [0.717, 1.165) is 24.3 Å². The molecule has 1 unspecified atom stereocenters. The van der Waals surface area contributed by atoms with Gasteiger partial charge in [0.05, 0.1) is 10.8 Å². The minimum atomic E-state index is -3.54. The minimum Gasteiger partial charge on any atom is -0.325 e. The normalized spacial score (nSPS) is 25.1. The van der Waals surface area contributed by atoms with Gasteiger partial charge in [-0.2, -0.15) is 4.31 Å². The van der Waals surface area contributed by atoms with Crippen LogP contribution in [-0.2, 0) is 14.8 Å². The Hall–Kier alpha value is -1.44. The van der Waals surface area contributed by atoms with E-state index in [1.54, 1.807) is 22.5 Å². The highest BCUT2D eigenvalue weighted by Crippen LogP contribution is 2.39. The zero-order valence-corrected chi connectivity index (χ0v) is 17.7. The van der Waals surface area contributed by atoms with Crippen molar-refractivity contribution < 1.29 is 13.2 Å². The topological polar surface area (TPSA) is 69.7 Å². The number of anilines is 1. The average Bonchev–Trinajstić information content (AvgIpc) is 3.04. The summed E-state index contributed by atoms with van der Waals surface area (Å²) in [5, 5.41) is 2.88. The fraction of sp³-hybridized carbons (Fsp3) is 0.667. The molecule has 6 nitrogen and oxygen atoms in total. The molecule has 2 fully saturated rings. The van der Waals surface area contributed by atoms with Gasteiger partial charge in [-0.3, -0.25) is 9.69 Å². The lowest BCUT2D eigenvalue weighted by atomic mass is 9.90. The monoisotopic (exact) mass is 405 g/mol. The summed E-state index contributed by atoms with van der Waals surface area (Å²) in [4.78, 5) is 15.0. The predicted octanol–water partition coefficient (Wildman–Crippen LogP) is 3.02. The summed E-state index contributed by atoms with van der Waals surface area (Å²) >= 11 is 0. The van der Waals surface area contributed by atoms with Crippen molar-refractivity contribution in [2.24, 2.45) is 5.92 Å². The van der Waals surface area contributed by atoms with E-state index in [2.05, 4.69) is 10.2 Å². The zero-order valence-electron chi connectivity index (χ0n) is 16.9. The Morgan fingerprint density at radius 1 is 1.04 bits per heavy atom. The van der Waals surface area contributed by atoms with Crippen molar-refractivity contribution in [3.05, 3.63) is 23.8 Å². The smallest absolute Gasteiger partial charge is 0.243 e. The number of sulfonamides is 1. The molecular weight excluding hydrogens is 374 g/mol. The van der Waals surface area contributed by atoms with Crippen LogP contribution >= 0.6 is 0 Å². The van der Waals surface area contributed by atoms with Crippen molar-refractivity contribution in [2.75, 3.05) is 31.5 Å². The number of amides is 1.